The van der Waals surface area contributed by atoms with Gasteiger partial charge in [0.15, 0.2) is 11.0 Å². The van der Waals surface area contributed by atoms with E-state index in [9.17, 15) is 24.5 Å². The second-order valence-electron chi connectivity index (χ2n) is 8.06. The lowest BCUT2D eigenvalue weighted by Crippen LogP contribution is -2.24. The Labute approximate surface area is 219 Å². The minimum absolute atomic E-state index is 0.0476. The van der Waals surface area contributed by atoms with Crippen LogP contribution in [-0.4, -0.2) is 49.8 Å². The number of aryl methyl sites for hydroxylation is 1. The summed E-state index contributed by atoms with van der Waals surface area (Å²) in [5.41, 5.74) is 1.61. The SMILES string of the molecule is CCOC(=O)c1c(NC(=O)CSc2nnc(CNC(=O)c3ccc([N+](=O)[O-])cc3)n2C)sc2c1CCC2. The standard InChI is InChI=1S/C23H24N6O6S2/c1-3-35-22(32)19-15-5-4-6-16(15)37-21(19)25-18(30)12-36-23-27-26-17(28(23)2)11-24-20(31)13-7-9-14(10-8-13)29(33)34/h7-10H,3-6,11-12H2,1-2H3,(H,24,31)(H,25,30). The van der Waals surface area contributed by atoms with Crippen molar-refractivity contribution in [1.82, 2.24) is 20.1 Å². The Hall–Kier alpha value is -3.78. The smallest absolute Gasteiger partial charge is 0.341 e. The molecule has 12 nitrogen and oxygen atoms in total. The number of anilines is 1. The number of hydrogen-bond donors (Lipinski definition) is 2. The first kappa shape index (κ1) is 26.3. The number of nitro groups is 1. The second-order valence-corrected chi connectivity index (χ2v) is 10.1. The fraction of sp³-hybridized carbons (Fsp3) is 0.348. The Balaban J connectivity index is 1.32. The van der Waals surface area contributed by atoms with Crippen LogP contribution in [0, 0.1) is 10.1 Å². The number of esters is 1. The van der Waals surface area contributed by atoms with Crippen LogP contribution in [0.25, 0.3) is 0 Å². The van der Waals surface area contributed by atoms with Gasteiger partial charge in [0.1, 0.15) is 5.00 Å². The van der Waals surface area contributed by atoms with E-state index in [1.54, 1.807) is 18.5 Å². The second kappa shape index (κ2) is 11.5. The Kier molecular flexibility index (Phi) is 8.18. The van der Waals surface area contributed by atoms with Gasteiger partial charge in [-0.15, -0.1) is 21.5 Å². The maximum atomic E-state index is 12.7. The molecule has 2 heterocycles. The number of thioether (sulfide) groups is 1. The molecule has 0 fully saturated rings. The van der Waals surface area contributed by atoms with Gasteiger partial charge in [-0.3, -0.25) is 19.7 Å². The molecule has 0 spiro atoms. The Morgan fingerprint density at radius 2 is 1.97 bits per heavy atom. The van der Waals surface area contributed by atoms with Gasteiger partial charge in [0.05, 0.1) is 29.4 Å². The van der Waals surface area contributed by atoms with Gasteiger partial charge in [-0.05, 0) is 43.9 Å². The summed E-state index contributed by atoms with van der Waals surface area (Å²) >= 11 is 2.60. The van der Waals surface area contributed by atoms with E-state index < -0.39 is 16.8 Å². The van der Waals surface area contributed by atoms with Crippen LogP contribution in [-0.2, 0) is 36.0 Å². The van der Waals surface area contributed by atoms with E-state index in [0.29, 0.717) is 21.5 Å². The first-order valence-corrected chi connectivity index (χ1v) is 13.2. The van der Waals surface area contributed by atoms with Crippen LogP contribution in [0.15, 0.2) is 29.4 Å². The Morgan fingerprint density at radius 3 is 2.68 bits per heavy atom. The lowest BCUT2D eigenvalue weighted by atomic mass is 10.1. The molecule has 1 aliphatic carbocycles. The van der Waals surface area contributed by atoms with Gasteiger partial charge in [0.2, 0.25) is 5.91 Å². The highest BCUT2D eigenvalue weighted by Crippen LogP contribution is 2.39. The summed E-state index contributed by atoms with van der Waals surface area (Å²) in [5.74, 6) is -0.597. The van der Waals surface area contributed by atoms with Crippen molar-refractivity contribution in [3.05, 3.63) is 61.8 Å². The van der Waals surface area contributed by atoms with Gasteiger partial charge in [-0.2, -0.15) is 0 Å². The van der Waals surface area contributed by atoms with E-state index in [4.69, 9.17) is 4.74 Å². The molecule has 0 saturated heterocycles. The van der Waals surface area contributed by atoms with Gasteiger partial charge in [0, 0.05) is 29.6 Å². The fourth-order valence-corrected chi connectivity index (χ4v) is 5.85. The van der Waals surface area contributed by atoms with Crippen molar-refractivity contribution in [2.45, 2.75) is 37.9 Å². The molecular weight excluding hydrogens is 520 g/mol. The third kappa shape index (κ3) is 5.97. The van der Waals surface area contributed by atoms with Gasteiger partial charge in [-0.1, -0.05) is 11.8 Å². The number of amides is 2. The van der Waals surface area contributed by atoms with Crippen molar-refractivity contribution in [2.24, 2.45) is 7.05 Å². The number of hydrogen-bond acceptors (Lipinski definition) is 10. The average molecular weight is 545 g/mol. The highest BCUT2D eigenvalue weighted by atomic mass is 32.2. The monoisotopic (exact) mass is 544 g/mol. The van der Waals surface area contributed by atoms with Crippen LogP contribution < -0.4 is 10.6 Å². The summed E-state index contributed by atoms with van der Waals surface area (Å²) in [6, 6.07) is 5.27. The summed E-state index contributed by atoms with van der Waals surface area (Å²) in [7, 11) is 1.72. The van der Waals surface area contributed by atoms with Gasteiger partial charge < -0.3 is 19.9 Å². The first-order chi connectivity index (χ1) is 17.8. The van der Waals surface area contributed by atoms with Gasteiger partial charge in [0.25, 0.3) is 11.6 Å². The number of ether oxygens (including phenoxy) is 1. The molecule has 0 unspecified atom stereocenters. The molecule has 1 aliphatic rings. The minimum Gasteiger partial charge on any atom is -0.462 e. The highest BCUT2D eigenvalue weighted by molar-refractivity contribution is 7.99. The summed E-state index contributed by atoms with van der Waals surface area (Å²) in [4.78, 5) is 48.8. The zero-order chi connectivity index (χ0) is 26.5. The molecule has 14 heteroatoms. The average Bonchev–Trinajstić information content (AvgIpc) is 3.56. The van der Waals surface area contributed by atoms with Crippen molar-refractivity contribution in [1.29, 1.82) is 0 Å². The molecule has 0 aliphatic heterocycles. The van der Waals surface area contributed by atoms with E-state index in [1.807, 2.05) is 0 Å². The van der Waals surface area contributed by atoms with Gasteiger partial charge in [-0.25, -0.2) is 4.79 Å². The maximum absolute atomic E-state index is 12.7. The molecule has 1 aromatic carbocycles. The summed E-state index contributed by atoms with van der Waals surface area (Å²) in [6.07, 6.45) is 2.67. The predicted octanol–water partition coefficient (Wildman–Crippen LogP) is 3.11. The lowest BCUT2D eigenvalue weighted by molar-refractivity contribution is -0.384. The van der Waals surface area contributed by atoms with Crippen LogP contribution in [0.3, 0.4) is 0 Å². The molecule has 2 amide bonds. The molecule has 0 atom stereocenters. The van der Waals surface area contributed by atoms with E-state index in [0.717, 1.165) is 29.7 Å². The number of rotatable bonds is 10. The molecule has 37 heavy (non-hydrogen) atoms. The zero-order valence-corrected chi connectivity index (χ0v) is 21.7. The Bertz CT molecular complexity index is 1350. The van der Waals surface area contributed by atoms with Crippen molar-refractivity contribution in [3.8, 4) is 0 Å². The minimum atomic E-state index is -0.535. The van der Waals surface area contributed by atoms with Crippen LogP contribution in [0.1, 0.15) is 50.3 Å². The molecule has 0 radical (unpaired) electrons. The molecule has 194 valence electrons. The topological polar surface area (TPSA) is 158 Å². The van der Waals surface area contributed by atoms with Crippen molar-refractivity contribution >= 4 is 51.6 Å². The van der Waals surface area contributed by atoms with E-state index in [2.05, 4.69) is 20.8 Å². The van der Waals surface area contributed by atoms with Crippen LogP contribution in [0.2, 0.25) is 0 Å². The van der Waals surface area contributed by atoms with E-state index in [1.165, 1.54) is 47.4 Å². The molecule has 0 saturated carbocycles. The number of aromatic nitrogens is 3. The fourth-order valence-electron chi connectivity index (χ4n) is 3.82. The highest BCUT2D eigenvalue weighted by Gasteiger charge is 2.28. The van der Waals surface area contributed by atoms with Crippen LogP contribution >= 0.6 is 23.1 Å². The third-order valence-electron chi connectivity index (χ3n) is 5.66. The van der Waals surface area contributed by atoms with Crippen molar-refractivity contribution in [2.75, 3.05) is 17.7 Å². The predicted molar refractivity (Wildman–Crippen MR) is 137 cm³/mol. The number of fused-ring (bicyclic) bond motifs is 1. The third-order valence-corrected chi connectivity index (χ3v) is 7.89. The summed E-state index contributed by atoms with van der Waals surface area (Å²) < 4.78 is 6.86. The number of non-ortho nitro benzene ring substituents is 1. The van der Waals surface area contributed by atoms with Crippen molar-refractivity contribution in [3.63, 3.8) is 0 Å². The molecule has 2 aromatic heterocycles. The number of nitrogens with one attached hydrogen (secondary N) is 2. The summed E-state index contributed by atoms with van der Waals surface area (Å²) in [5, 5.41) is 25.5. The number of carbonyl (C=O) groups excluding carboxylic acids is 3. The van der Waals surface area contributed by atoms with E-state index >= 15 is 0 Å². The summed E-state index contributed by atoms with van der Waals surface area (Å²) in [6.45, 7) is 2.08. The molecule has 4 rings (SSSR count). The molecular formula is C23H24N6O6S2. The number of thiophene rings is 1. The first-order valence-electron chi connectivity index (χ1n) is 11.4. The Morgan fingerprint density at radius 1 is 1.22 bits per heavy atom. The molecule has 2 N–H and O–H groups in total. The van der Waals surface area contributed by atoms with Crippen LogP contribution in [0.5, 0.6) is 0 Å². The number of carbonyl (C=O) groups is 3. The lowest BCUT2D eigenvalue weighted by Gasteiger charge is -2.08. The zero-order valence-electron chi connectivity index (χ0n) is 20.1. The quantitative estimate of drug-likeness (QED) is 0.169. The van der Waals surface area contributed by atoms with Gasteiger partial charge >= 0.3 is 5.97 Å². The number of benzene rings is 1. The number of nitrogens with zero attached hydrogens (tertiary/aromatic N) is 4. The normalized spacial score (nSPS) is 12.2. The molecule has 0 bridgehead atoms. The maximum Gasteiger partial charge on any atom is 0.341 e. The number of nitro benzene ring substituents is 1. The van der Waals surface area contributed by atoms with E-state index in [-0.39, 0.29) is 36.1 Å². The van der Waals surface area contributed by atoms with Crippen LogP contribution in [0.4, 0.5) is 10.7 Å². The van der Waals surface area contributed by atoms with Crippen molar-refractivity contribution < 1.29 is 24.0 Å². The molecule has 3 aromatic rings. The largest absolute Gasteiger partial charge is 0.462 e.